The van der Waals surface area contributed by atoms with E-state index < -0.39 is 16.6 Å². The molecule has 0 aromatic heterocycles. The molecule has 0 aliphatic heterocycles. The third kappa shape index (κ3) is 3.80. The van der Waals surface area contributed by atoms with Gasteiger partial charge in [0, 0.05) is 16.7 Å². The molecular formula is C14H9ClN3O4-. The summed E-state index contributed by atoms with van der Waals surface area (Å²) < 4.78 is 0. The van der Waals surface area contributed by atoms with Crippen LogP contribution in [0.2, 0.25) is 5.02 Å². The van der Waals surface area contributed by atoms with Gasteiger partial charge in [-0.05, 0) is 24.3 Å². The van der Waals surface area contributed by atoms with Crippen LogP contribution in [-0.4, -0.2) is 17.0 Å². The van der Waals surface area contributed by atoms with Crippen LogP contribution in [0.3, 0.4) is 0 Å². The first-order chi connectivity index (χ1) is 10.5. The van der Waals surface area contributed by atoms with Crippen molar-refractivity contribution in [2.75, 3.05) is 0 Å². The highest BCUT2D eigenvalue weighted by molar-refractivity contribution is 6.30. The fraction of sp³-hybridized carbons (Fsp3) is 0. The van der Waals surface area contributed by atoms with Crippen LogP contribution in [0.1, 0.15) is 15.9 Å². The Morgan fingerprint density at radius 3 is 2.55 bits per heavy atom. The van der Waals surface area contributed by atoms with Crippen LogP contribution in [0, 0.1) is 10.1 Å². The lowest BCUT2D eigenvalue weighted by molar-refractivity contribution is -0.385. The van der Waals surface area contributed by atoms with Crippen LogP contribution in [0.4, 0.5) is 5.69 Å². The number of carbonyl (C=O) groups is 1. The predicted molar refractivity (Wildman–Crippen MR) is 79.1 cm³/mol. The molecule has 2 aromatic carbocycles. The van der Waals surface area contributed by atoms with Gasteiger partial charge < -0.3 is 5.11 Å². The number of benzene rings is 2. The second-order valence-electron chi connectivity index (χ2n) is 4.18. The van der Waals surface area contributed by atoms with E-state index >= 15 is 0 Å². The standard InChI is InChI=1S/C14H10ClN3O4/c15-11-3-1-9(2-4-11)14(20)17-16-8-10-7-12(19)5-6-13(10)18(21)22/h1-8,19H,(H,17,20)/p-1/b16-8+. The Balaban J connectivity index is 2.12. The number of hydrogen-bond donors (Lipinski definition) is 1. The van der Waals surface area contributed by atoms with Gasteiger partial charge in [0.25, 0.3) is 11.6 Å². The molecule has 1 N–H and O–H groups in total. The number of nitrogens with zero attached hydrogens (tertiary/aromatic N) is 2. The van der Waals surface area contributed by atoms with Gasteiger partial charge >= 0.3 is 0 Å². The second-order valence-corrected chi connectivity index (χ2v) is 4.62. The number of carbonyl (C=O) groups excluding carboxylic acids is 1. The van der Waals surface area contributed by atoms with E-state index in [1.54, 1.807) is 12.1 Å². The van der Waals surface area contributed by atoms with E-state index in [1.165, 1.54) is 12.1 Å². The maximum Gasteiger partial charge on any atom is 0.278 e. The average molecular weight is 319 g/mol. The maximum atomic E-state index is 11.8. The molecule has 22 heavy (non-hydrogen) atoms. The number of halogens is 1. The van der Waals surface area contributed by atoms with Gasteiger partial charge in [-0.15, -0.1) is 5.75 Å². The molecule has 2 aromatic rings. The third-order valence-corrected chi connectivity index (χ3v) is 2.92. The molecule has 0 aliphatic carbocycles. The summed E-state index contributed by atoms with van der Waals surface area (Å²) in [5, 5.41) is 26.2. The Morgan fingerprint density at radius 1 is 1.23 bits per heavy atom. The van der Waals surface area contributed by atoms with Gasteiger partial charge in [-0.25, -0.2) is 5.43 Å². The van der Waals surface area contributed by atoms with Crippen LogP contribution < -0.4 is 10.5 Å². The number of amides is 1. The van der Waals surface area contributed by atoms with Crippen LogP contribution in [-0.2, 0) is 0 Å². The van der Waals surface area contributed by atoms with E-state index in [2.05, 4.69) is 10.5 Å². The molecule has 7 nitrogen and oxygen atoms in total. The summed E-state index contributed by atoms with van der Waals surface area (Å²) in [7, 11) is 0. The molecule has 8 heteroatoms. The highest BCUT2D eigenvalue weighted by Gasteiger charge is 2.11. The summed E-state index contributed by atoms with van der Waals surface area (Å²) in [6, 6.07) is 9.35. The van der Waals surface area contributed by atoms with Crippen molar-refractivity contribution in [3.8, 4) is 5.75 Å². The number of nitro groups is 1. The Morgan fingerprint density at radius 2 is 1.91 bits per heavy atom. The second kappa shape index (κ2) is 6.68. The quantitative estimate of drug-likeness (QED) is 0.529. The summed E-state index contributed by atoms with van der Waals surface area (Å²) in [4.78, 5) is 22.0. The molecule has 112 valence electrons. The van der Waals surface area contributed by atoms with Gasteiger partial charge in [-0.2, -0.15) is 5.10 Å². The average Bonchev–Trinajstić information content (AvgIpc) is 2.47. The molecular weight excluding hydrogens is 310 g/mol. The first kappa shape index (κ1) is 15.5. The predicted octanol–water partition coefficient (Wildman–Crippen LogP) is 2.09. The minimum Gasteiger partial charge on any atom is -0.872 e. The molecule has 0 aliphatic rings. The van der Waals surface area contributed by atoms with Gasteiger partial charge in [0.2, 0.25) is 0 Å². The molecule has 0 bridgehead atoms. The SMILES string of the molecule is O=C(N/N=C/c1cc([O-])ccc1[N+](=O)[O-])c1ccc(Cl)cc1. The van der Waals surface area contributed by atoms with Crippen LogP contribution >= 0.6 is 11.6 Å². The molecule has 0 saturated heterocycles. The fourth-order valence-corrected chi connectivity index (χ4v) is 1.75. The fourth-order valence-electron chi connectivity index (χ4n) is 1.63. The lowest BCUT2D eigenvalue weighted by atomic mass is 10.2. The molecule has 2 rings (SSSR count). The molecule has 0 radical (unpaired) electrons. The van der Waals surface area contributed by atoms with E-state index in [-0.39, 0.29) is 11.3 Å². The molecule has 0 fully saturated rings. The topological polar surface area (TPSA) is 108 Å². The maximum absolute atomic E-state index is 11.8. The van der Waals surface area contributed by atoms with Gasteiger partial charge in [0.05, 0.1) is 16.7 Å². The van der Waals surface area contributed by atoms with E-state index in [1.807, 2.05) is 0 Å². The zero-order chi connectivity index (χ0) is 16.1. The van der Waals surface area contributed by atoms with Crippen molar-refractivity contribution in [2.24, 2.45) is 5.10 Å². The first-order valence-electron chi connectivity index (χ1n) is 6.02. The highest BCUT2D eigenvalue weighted by Crippen LogP contribution is 2.20. The Bertz CT molecular complexity index is 744. The van der Waals surface area contributed by atoms with Crippen molar-refractivity contribution in [3.63, 3.8) is 0 Å². The number of rotatable bonds is 4. The normalized spacial score (nSPS) is 10.6. The van der Waals surface area contributed by atoms with Crippen molar-refractivity contribution in [1.29, 1.82) is 0 Å². The summed E-state index contributed by atoms with van der Waals surface area (Å²) in [6.45, 7) is 0. The monoisotopic (exact) mass is 318 g/mol. The van der Waals surface area contributed by atoms with E-state index in [9.17, 15) is 20.0 Å². The molecule has 0 spiro atoms. The van der Waals surface area contributed by atoms with Gasteiger partial charge in [-0.1, -0.05) is 23.7 Å². The van der Waals surface area contributed by atoms with Gasteiger partial charge in [0.15, 0.2) is 0 Å². The number of nitrogens with one attached hydrogen (secondary N) is 1. The van der Waals surface area contributed by atoms with Crippen molar-refractivity contribution in [1.82, 2.24) is 5.43 Å². The summed E-state index contributed by atoms with van der Waals surface area (Å²) in [6.07, 6.45) is 1.05. The number of hydrogen-bond acceptors (Lipinski definition) is 5. The lowest BCUT2D eigenvalue weighted by Gasteiger charge is -2.05. The Labute approximate surface area is 130 Å². The Kier molecular flexibility index (Phi) is 4.70. The summed E-state index contributed by atoms with van der Waals surface area (Å²) in [5.74, 6) is -0.898. The van der Waals surface area contributed by atoms with Crippen molar-refractivity contribution < 1.29 is 14.8 Å². The zero-order valence-electron chi connectivity index (χ0n) is 11.0. The largest absolute Gasteiger partial charge is 0.872 e. The highest BCUT2D eigenvalue weighted by atomic mass is 35.5. The van der Waals surface area contributed by atoms with Crippen LogP contribution in [0.5, 0.6) is 5.75 Å². The van der Waals surface area contributed by atoms with Crippen LogP contribution in [0.25, 0.3) is 0 Å². The summed E-state index contributed by atoms with van der Waals surface area (Å²) in [5.41, 5.74) is 2.28. The minimum atomic E-state index is -0.637. The molecule has 0 saturated carbocycles. The molecule has 0 heterocycles. The van der Waals surface area contributed by atoms with Crippen molar-refractivity contribution >= 4 is 29.4 Å². The molecule has 1 amide bonds. The molecule has 0 atom stereocenters. The Hall–Kier alpha value is -2.93. The minimum absolute atomic E-state index is 0.00825. The molecule has 0 unspecified atom stereocenters. The summed E-state index contributed by atoms with van der Waals surface area (Å²) >= 11 is 5.71. The smallest absolute Gasteiger partial charge is 0.278 e. The van der Waals surface area contributed by atoms with E-state index in [0.29, 0.717) is 10.6 Å². The third-order valence-electron chi connectivity index (χ3n) is 2.67. The van der Waals surface area contributed by atoms with Crippen molar-refractivity contribution in [2.45, 2.75) is 0 Å². The van der Waals surface area contributed by atoms with Crippen molar-refractivity contribution in [3.05, 3.63) is 68.7 Å². The number of nitro benzene ring substituents is 1. The van der Waals surface area contributed by atoms with Gasteiger partial charge in [0.1, 0.15) is 0 Å². The van der Waals surface area contributed by atoms with E-state index in [0.717, 1.165) is 24.4 Å². The van der Waals surface area contributed by atoms with E-state index in [4.69, 9.17) is 11.6 Å². The van der Waals surface area contributed by atoms with Gasteiger partial charge in [-0.3, -0.25) is 14.9 Å². The lowest BCUT2D eigenvalue weighted by Crippen LogP contribution is -2.17. The number of hydrazone groups is 1. The zero-order valence-corrected chi connectivity index (χ0v) is 11.8. The van der Waals surface area contributed by atoms with Crippen LogP contribution in [0.15, 0.2) is 47.6 Å². The first-order valence-corrected chi connectivity index (χ1v) is 6.39.